The van der Waals surface area contributed by atoms with E-state index in [4.69, 9.17) is 16.3 Å². The number of aryl methyl sites for hydroxylation is 2. The van der Waals surface area contributed by atoms with Crippen LogP contribution in [-0.4, -0.2) is 22.1 Å². The second-order valence-electron chi connectivity index (χ2n) is 4.31. The Morgan fingerprint density at radius 3 is 2.45 bits per heavy atom. The number of hydrogen-bond donors (Lipinski definition) is 1. The molecule has 0 aliphatic carbocycles. The van der Waals surface area contributed by atoms with Gasteiger partial charge in [0.05, 0.1) is 7.11 Å². The highest BCUT2D eigenvalue weighted by atomic mass is 35.5. The molecular formula is C13H14ClFN4O. The Morgan fingerprint density at radius 2 is 1.85 bits per heavy atom. The smallest absolute Gasteiger partial charge is 0.322 e. The summed E-state index contributed by atoms with van der Waals surface area (Å²) in [5.41, 5.74) is 2.14. The van der Waals surface area contributed by atoms with Crippen LogP contribution in [0.5, 0.6) is 6.01 Å². The first-order valence-electron chi connectivity index (χ1n) is 5.94. The molecule has 0 radical (unpaired) electrons. The van der Waals surface area contributed by atoms with E-state index in [0.717, 1.165) is 5.56 Å². The molecule has 1 aromatic carbocycles. The van der Waals surface area contributed by atoms with Crippen molar-refractivity contribution in [1.82, 2.24) is 15.0 Å². The van der Waals surface area contributed by atoms with Gasteiger partial charge in [-0.2, -0.15) is 15.0 Å². The van der Waals surface area contributed by atoms with Crippen molar-refractivity contribution in [3.8, 4) is 6.01 Å². The monoisotopic (exact) mass is 296 g/mol. The molecule has 0 saturated heterocycles. The number of nitrogens with zero attached hydrogens (tertiary/aromatic N) is 3. The Hall–Kier alpha value is -1.95. The highest BCUT2D eigenvalue weighted by Gasteiger charge is 2.07. The molecule has 5 nitrogen and oxygen atoms in total. The molecule has 0 spiro atoms. The van der Waals surface area contributed by atoms with Crippen LogP contribution in [0, 0.1) is 19.7 Å². The number of hydrogen-bond acceptors (Lipinski definition) is 5. The van der Waals surface area contributed by atoms with Crippen LogP contribution in [0.2, 0.25) is 5.28 Å². The van der Waals surface area contributed by atoms with Gasteiger partial charge in [0.25, 0.3) is 0 Å². The minimum atomic E-state index is -0.182. The largest absolute Gasteiger partial charge is 0.467 e. The van der Waals surface area contributed by atoms with E-state index in [1.807, 2.05) is 0 Å². The van der Waals surface area contributed by atoms with Crippen molar-refractivity contribution >= 4 is 17.5 Å². The molecule has 20 heavy (non-hydrogen) atoms. The van der Waals surface area contributed by atoms with Gasteiger partial charge in [0.2, 0.25) is 11.2 Å². The van der Waals surface area contributed by atoms with E-state index in [0.29, 0.717) is 23.6 Å². The summed E-state index contributed by atoms with van der Waals surface area (Å²) in [7, 11) is 1.45. The van der Waals surface area contributed by atoms with E-state index in [1.54, 1.807) is 26.0 Å². The quantitative estimate of drug-likeness (QED) is 0.940. The molecule has 0 aliphatic heterocycles. The molecule has 0 fully saturated rings. The Bertz CT molecular complexity index is 613. The van der Waals surface area contributed by atoms with Gasteiger partial charge in [0.1, 0.15) is 5.82 Å². The van der Waals surface area contributed by atoms with Crippen LogP contribution < -0.4 is 10.1 Å². The van der Waals surface area contributed by atoms with Crippen LogP contribution in [-0.2, 0) is 6.54 Å². The van der Waals surface area contributed by atoms with E-state index in [2.05, 4.69) is 20.3 Å². The summed E-state index contributed by atoms with van der Waals surface area (Å²) in [5, 5.41) is 3.05. The Balaban J connectivity index is 2.14. The number of rotatable bonds is 4. The summed E-state index contributed by atoms with van der Waals surface area (Å²) in [4.78, 5) is 11.7. The summed E-state index contributed by atoms with van der Waals surface area (Å²) in [6, 6.07) is 3.68. The maximum Gasteiger partial charge on any atom is 0.322 e. The zero-order chi connectivity index (χ0) is 14.7. The van der Waals surface area contributed by atoms with Crippen molar-refractivity contribution < 1.29 is 9.13 Å². The van der Waals surface area contributed by atoms with Crippen LogP contribution in [0.1, 0.15) is 16.7 Å². The van der Waals surface area contributed by atoms with Crippen molar-refractivity contribution in [2.45, 2.75) is 20.4 Å². The summed E-state index contributed by atoms with van der Waals surface area (Å²) < 4.78 is 18.4. The molecular weight excluding hydrogens is 283 g/mol. The van der Waals surface area contributed by atoms with E-state index in [-0.39, 0.29) is 17.1 Å². The van der Waals surface area contributed by atoms with E-state index < -0.39 is 0 Å². The average molecular weight is 297 g/mol. The van der Waals surface area contributed by atoms with Gasteiger partial charge in [-0.05, 0) is 42.1 Å². The first-order chi connectivity index (χ1) is 9.49. The highest BCUT2D eigenvalue weighted by Crippen LogP contribution is 2.16. The summed E-state index contributed by atoms with van der Waals surface area (Å²) in [6.07, 6.45) is 0. The van der Waals surface area contributed by atoms with Crippen molar-refractivity contribution in [2.75, 3.05) is 12.4 Å². The van der Waals surface area contributed by atoms with E-state index >= 15 is 0 Å². The number of aromatic nitrogens is 3. The summed E-state index contributed by atoms with van der Waals surface area (Å²) in [6.45, 7) is 3.91. The molecule has 2 rings (SSSR count). The molecule has 1 N–H and O–H groups in total. The Morgan fingerprint density at radius 1 is 1.20 bits per heavy atom. The molecule has 0 atom stereocenters. The molecule has 0 aliphatic rings. The standard InChI is InChI=1S/C13H14ClFN4O/c1-7-4-9(5-8(2)10(7)15)6-16-12-17-11(14)18-13(19-12)20-3/h4-5H,6H2,1-3H3,(H,16,17,18,19). The second kappa shape index (κ2) is 6.00. The predicted molar refractivity (Wildman–Crippen MR) is 74.6 cm³/mol. The fourth-order valence-corrected chi connectivity index (χ4v) is 1.97. The molecule has 106 valence electrons. The zero-order valence-electron chi connectivity index (χ0n) is 11.4. The van der Waals surface area contributed by atoms with Crippen molar-refractivity contribution in [3.63, 3.8) is 0 Å². The number of nitrogens with one attached hydrogen (secondary N) is 1. The first-order valence-corrected chi connectivity index (χ1v) is 6.32. The summed E-state index contributed by atoms with van der Waals surface area (Å²) >= 11 is 5.75. The number of halogens is 2. The topological polar surface area (TPSA) is 59.9 Å². The van der Waals surface area contributed by atoms with Crippen molar-refractivity contribution in [2.24, 2.45) is 0 Å². The van der Waals surface area contributed by atoms with Crippen LogP contribution >= 0.6 is 11.6 Å². The molecule has 1 aromatic heterocycles. The van der Waals surface area contributed by atoms with Gasteiger partial charge >= 0.3 is 6.01 Å². The first kappa shape index (κ1) is 14.5. The Labute approximate surface area is 121 Å². The maximum absolute atomic E-state index is 13.5. The molecule has 2 aromatic rings. The van der Waals surface area contributed by atoms with Gasteiger partial charge in [-0.3, -0.25) is 0 Å². The van der Waals surface area contributed by atoms with Gasteiger partial charge in [0, 0.05) is 6.54 Å². The number of benzene rings is 1. The number of anilines is 1. The minimum absolute atomic E-state index is 0.0471. The minimum Gasteiger partial charge on any atom is -0.467 e. The second-order valence-corrected chi connectivity index (χ2v) is 4.65. The van der Waals surface area contributed by atoms with Gasteiger partial charge in [-0.1, -0.05) is 12.1 Å². The van der Waals surface area contributed by atoms with Gasteiger partial charge in [-0.15, -0.1) is 0 Å². The lowest BCUT2D eigenvalue weighted by molar-refractivity contribution is 0.379. The van der Waals surface area contributed by atoms with Gasteiger partial charge < -0.3 is 10.1 Å². The van der Waals surface area contributed by atoms with Crippen LogP contribution in [0.15, 0.2) is 12.1 Å². The normalized spacial score (nSPS) is 10.4. The SMILES string of the molecule is COc1nc(Cl)nc(NCc2cc(C)c(F)c(C)c2)n1. The van der Waals surface area contributed by atoms with Gasteiger partial charge in [-0.25, -0.2) is 4.39 Å². The third-order valence-electron chi connectivity index (χ3n) is 2.72. The zero-order valence-corrected chi connectivity index (χ0v) is 12.1. The number of ether oxygens (including phenoxy) is 1. The fourth-order valence-electron chi connectivity index (χ4n) is 1.82. The van der Waals surface area contributed by atoms with Crippen molar-refractivity contribution in [1.29, 1.82) is 0 Å². The molecule has 0 bridgehead atoms. The molecule has 0 unspecified atom stereocenters. The Kier molecular flexibility index (Phi) is 4.34. The molecule has 7 heteroatoms. The maximum atomic E-state index is 13.5. The van der Waals surface area contributed by atoms with Crippen molar-refractivity contribution in [3.05, 3.63) is 39.9 Å². The predicted octanol–water partition coefficient (Wildman–Crippen LogP) is 2.90. The third-order valence-corrected chi connectivity index (χ3v) is 2.89. The van der Waals surface area contributed by atoms with Crippen LogP contribution in [0.4, 0.5) is 10.3 Å². The molecule has 0 saturated carbocycles. The molecule has 1 heterocycles. The summed E-state index contributed by atoms with van der Waals surface area (Å²) in [5.74, 6) is 0.125. The highest BCUT2D eigenvalue weighted by molar-refractivity contribution is 6.28. The van der Waals surface area contributed by atoms with Crippen LogP contribution in [0.25, 0.3) is 0 Å². The fraction of sp³-hybridized carbons (Fsp3) is 0.308. The third kappa shape index (κ3) is 3.33. The molecule has 0 amide bonds. The van der Waals surface area contributed by atoms with E-state index in [1.165, 1.54) is 7.11 Å². The lowest BCUT2D eigenvalue weighted by Gasteiger charge is -2.09. The average Bonchev–Trinajstić information content (AvgIpc) is 2.41. The van der Waals surface area contributed by atoms with E-state index in [9.17, 15) is 4.39 Å². The lowest BCUT2D eigenvalue weighted by Crippen LogP contribution is -2.07. The number of methoxy groups -OCH3 is 1. The lowest BCUT2D eigenvalue weighted by atomic mass is 10.1. The van der Waals surface area contributed by atoms with Gasteiger partial charge in [0.15, 0.2) is 0 Å². The van der Waals surface area contributed by atoms with Crippen LogP contribution in [0.3, 0.4) is 0 Å².